The Morgan fingerprint density at radius 2 is 2.13 bits per heavy atom. The van der Waals surface area contributed by atoms with E-state index in [0.29, 0.717) is 11.5 Å². The highest BCUT2D eigenvalue weighted by molar-refractivity contribution is 5.88. The second-order valence-electron chi connectivity index (χ2n) is 6.12. The van der Waals surface area contributed by atoms with Crippen LogP contribution in [0.1, 0.15) is 40.6 Å². The number of hydrogen-bond acceptors (Lipinski definition) is 5. The van der Waals surface area contributed by atoms with E-state index in [2.05, 4.69) is 21.9 Å². The standard InChI is InChI=1S/C17H20N4O2/c1-11-6-15(13-7-14(17(22)23)9-18-8-13)20-16(19-11)12-4-3-5-21(2)10-12/h6-9,12H,3-5,10H2,1-2H3,(H,22,23). The highest BCUT2D eigenvalue weighted by atomic mass is 16.4. The number of aryl methyl sites for hydroxylation is 1. The summed E-state index contributed by atoms with van der Waals surface area (Å²) >= 11 is 0. The van der Waals surface area contributed by atoms with E-state index < -0.39 is 5.97 Å². The number of aromatic nitrogens is 3. The van der Waals surface area contributed by atoms with Gasteiger partial charge in [0.25, 0.3) is 0 Å². The van der Waals surface area contributed by atoms with Gasteiger partial charge in [-0.2, -0.15) is 0 Å². The highest BCUT2D eigenvalue weighted by Crippen LogP contribution is 2.26. The number of likely N-dealkylation sites (tertiary alicyclic amines) is 1. The zero-order chi connectivity index (χ0) is 16.4. The third kappa shape index (κ3) is 3.53. The van der Waals surface area contributed by atoms with Gasteiger partial charge >= 0.3 is 5.97 Å². The molecule has 1 N–H and O–H groups in total. The minimum absolute atomic E-state index is 0.165. The molecule has 0 amide bonds. The molecule has 0 aliphatic carbocycles. The van der Waals surface area contributed by atoms with Crippen LogP contribution in [0.5, 0.6) is 0 Å². The molecule has 1 saturated heterocycles. The molecule has 6 heteroatoms. The fraction of sp³-hybridized carbons (Fsp3) is 0.412. The van der Waals surface area contributed by atoms with Gasteiger partial charge in [-0.3, -0.25) is 4.98 Å². The van der Waals surface area contributed by atoms with Gasteiger partial charge in [0.05, 0.1) is 11.3 Å². The van der Waals surface area contributed by atoms with Crippen molar-refractivity contribution in [1.82, 2.24) is 19.9 Å². The first-order valence-electron chi connectivity index (χ1n) is 7.76. The number of aromatic carboxylic acids is 1. The van der Waals surface area contributed by atoms with Crippen LogP contribution in [0.4, 0.5) is 0 Å². The van der Waals surface area contributed by atoms with Gasteiger partial charge in [-0.25, -0.2) is 14.8 Å². The summed E-state index contributed by atoms with van der Waals surface area (Å²) in [5.41, 5.74) is 2.49. The first kappa shape index (κ1) is 15.6. The van der Waals surface area contributed by atoms with Gasteiger partial charge in [0, 0.05) is 36.1 Å². The van der Waals surface area contributed by atoms with Crippen LogP contribution in [0.25, 0.3) is 11.3 Å². The summed E-state index contributed by atoms with van der Waals surface area (Å²) in [6.07, 6.45) is 5.21. The van der Waals surface area contributed by atoms with Crippen molar-refractivity contribution in [2.24, 2.45) is 0 Å². The van der Waals surface area contributed by atoms with Crippen molar-refractivity contribution in [1.29, 1.82) is 0 Å². The molecule has 0 aromatic carbocycles. The number of carboxylic acids is 1. The molecule has 2 aromatic heterocycles. The molecule has 120 valence electrons. The quantitative estimate of drug-likeness (QED) is 0.937. The van der Waals surface area contributed by atoms with Crippen molar-refractivity contribution < 1.29 is 9.90 Å². The minimum atomic E-state index is -0.987. The Morgan fingerprint density at radius 3 is 2.87 bits per heavy atom. The molecule has 2 aromatic rings. The minimum Gasteiger partial charge on any atom is -0.478 e. The normalized spacial score (nSPS) is 18.8. The Morgan fingerprint density at radius 1 is 1.30 bits per heavy atom. The van der Waals surface area contributed by atoms with Crippen LogP contribution in [0.15, 0.2) is 24.5 Å². The maximum Gasteiger partial charge on any atom is 0.337 e. The van der Waals surface area contributed by atoms with Crippen molar-refractivity contribution in [3.05, 3.63) is 41.6 Å². The van der Waals surface area contributed by atoms with Crippen molar-refractivity contribution in [3.8, 4) is 11.3 Å². The lowest BCUT2D eigenvalue weighted by molar-refractivity contribution is 0.0696. The Kier molecular flexibility index (Phi) is 4.34. The molecule has 1 unspecified atom stereocenters. The lowest BCUT2D eigenvalue weighted by Crippen LogP contribution is -2.31. The smallest absolute Gasteiger partial charge is 0.337 e. The third-order valence-corrected chi connectivity index (χ3v) is 4.14. The van der Waals surface area contributed by atoms with E-state index in [1.165, 1.54) is 6.20 Å². The Labute approximate surface area is 135 Å². The maximum atomic E-state index is 11.1. The fourth-order valence-electron chi connectivity index (χ4n) is 3.00. The van der Waals surface area contributed by atoms with E-state index in [-0.39, 0.29) is 5.56 Å². The van der Waals surface area contributed by atoms with Gasteiger partial charge in [0.2, 0.25) is 0 Å². The van der Waals surface area contributed by atoms with Crippen LogP contribution in [-0.2, 0) is 0 Å². The largest absolute Gasteiger partial charge is 0.478 e. The zero-order valence-corrected chi connectivity index (χ0v) is 13.4. The summed E-state index contributed by atoms with van der Waals surface area (Å²) in [5, 5.41) is 9.12. The molecule has 1 aliphatic heterocycles. The molecular weight excluding hydrogens is 292 g/mol. The van der Waals surface area contributed by atoms with Gasteiger partial charge in [0.15, 0.2) is 0 Å². The van der Waals surface area contributed by atoms with E-state index in [0.717, 1.165) is 43.1 Å². The van der Waals surface area contributed by atoms with Crippen molar-refractivity contribution in [3.63, 3.8) is 0 Å². The molecule has 3 heterocycles. The molecule has 0 spiro atoms. The average Bonchev–Trinajstić information content (AvgIpc) is 2.54. The number of hydrogen-bond donors (Lipinski definition) is 1. The van der Waals surface area contributed by atoms with E-state index >= 15 is 0 Å². The molecule has 1 atom stereocenters. The van der Waals surface area contributed by atoms with E-state index in [1.54, 1.807) is 12.3 Å². The van der Waals surface area contributed by atoms with Gasteiger partial charge < -0.3 is 10.0 Å². The van der Waals surface area contributed by atoms with Crippen LogP contribution in [0.2, 0.25) is 0 Å². The van der Waals surface area contributed by atoms with E-state index in [1.807, 2.05) is 13.0 Å². The van der Waals surface area contributed by atoms with Gasteiger partial charge in [0.1, 0.15) is 5.82 Å². The maximum absolute atomic E-state index is 11.1. The molecule has 1 fully saturated rings. The highest BCUT2D eigenvalue weighted by Gasteiger charge is 2.22. The fourth-order valence-corrected chi connectivity index (χ4v) is 3.00. The second-order valence-corrected chi connectivity index (χ2v) is 6.12. The molecule has 0 radical (unpaired) electrons. The molecule has 23 heavy (non-hydrogen) atoms. The SMILES string of the molecule is Cc1cc(-c2cncc(C(=O)O)c2)nc(C2CCCN(C)C2)n1. The summed E-state index contributed by atoms with van der Waals surface area (Å²) < 4.78 is 0. The van der Waals surface area contributed by atoms with Crippen LogP contribution in [0.3, 0.4) is 0 Å². The summed E-state index contributed by atoms with van der Waals surface area (Å²) in [6.45, 7) is 4.01. The number of piperidine rings is 1. The van der Waals surface area contributed by atoms with Gasteiger partial charge in [-0.05, 0) is 45.5 Å². The lowest BCUT2D eigenvalue weighted by Gasteiger charge is -2.28. The summed E-state index contributed by atoms with van der Waals surface area (Å²) in [6, 6.07) is 3.48. The topological polar surface area (TPSA) is 79.2 Å². The molecule has 0 bridgehead atoms. The third-order valence-electron chi connectivity index (χ3n) is 4.14. The molecule has 3 rings (SSSR count). The second kappa shape index (κ2) is 6.42. The summed E-state index contributed by atoms with van der Waals surface area (Å²) in [4.78, 5) is 26.7. The van der Waals surface area contributed by atoms with Crippen molar-refractivity contribution >= 4 is 5.97 Å². The number of rotatable bonds is 3. The van der Waals surface area contributed by atoms with Crippen LogP contribution in [-0.4, -0.2) is 51.1 Å². The predicted molar refractivity (Wildman–Crippen MR) is 86.4 cm³/mol. The summed E-state index contributed by atoms with van der Waals surface area (Å²) in [5.74, 6) is 0.176. The molecule has 6 nitrogen and oxygen atoms in total. The van der Waals surface area contributed by atoms with Crippen molar-refractivity contribution in [2.75, 3.05) is 20.1 Å². The Bertz CT molecular complexity index is 732. The first-order valence-corrected chi connectivity index (χ1v) is 7.76. The van der Waals surface area contributed by atoms with Gasteiger partial charge in [-0.1, -0.05) is 0 Å². The average molecular weight is 312 g/mol. The van der Waals surface area contributed by atoms with Crippen LogP contribution < -0.4 is 0 Å². The van der Waals surface area contributed by atoms with Crippen LogP contribution >= 0.6 is 0 Å². The van der Waals surface area contributed by atoms with E-state index in [4.69, 9.17) is 10.1 Å². The first-order chi connectivity index (χ1) is 11.0. The number of carboxylic acid groups (broad SMARTS) is 1. The Hall–Kier alpha value is -2.34. The number of nitrogens with zero attached hydrogens (tertiary/aromatic N) is 4. The molecule has 1 aliphatic rings. The number of pyridine rings is 1. The van der Waals surface area contributed by atoms with Crippen molar-refractivity contribution in [2.45, 2.75) is 25.7 Å². The monoisotopic (exact) mass is 312 g/mol. The predicted octanol–water partition coefficient (Wildman–Crippen LogP) is 2.35. The molecule has 0 saturated carbocycles. The zero-order valence-electron chi connectivity index (χ0n) is 13.4. The molecular formula is C17H20N4O2. The Balaban J connectivity index is 1.97. The lowest BCUT2D eigenvalue weighted by atomic mass is 9.97. The van der Waals surface area contributed by atoms with Gasteiger partial charge in [-0.15, -0.1) is 0 Å². The van der Waals surface area contributed by atoms with E-state index in [9.17, 15) is 4.79 Å². The summed E-state index contributed by atoms with van der Waals surface area (Å²) in [7, 11) is 2.11. The number of carbonyl (C=O) groups is 1. The van der Waals surface area contributed by atoms with Crippen LogP contribution in [0, 0.1) is 6.92 Å². The number of likely N-dealkylation sites (N-methyl/N-ethyl adjacent to an activating group) is 1.